The fourth-order valence-electron chi connectivity index (χ4n) is 1.69. The quantitative estimate of drug-likeness (QED) is 0.599. The number of amides is 2. The first-order chi connectivity index (χ1) is 9.52. The molecule has 0 unspecified atom stereocenters. The fourth-order valence-corrected chi connectivity index (χ4v) is 1.87. The van der Waals surface area contributed by atoms with Crippen molar-refractivity contribution in [2.24, 2.45) is 0 Å². The van der Waals surface area contributed by atoms with Crippen molar-refractivity contribution in [3.63, 3.8) is 0 Å². The predicted octanol–water partition coefficient (Wildman–Crippen LogP) is 3.28. The van der Waals surface area contributed by atoms with Gasteiger partial charge in [-0.15, -0.1) is 0 Å². The van der Waals surface area contributed by atoms with Gasteiger partial charge in [-0.1, -0.05) is 37.4 Å². The molecule has 0 spiro atoms. The van der Waals surface area contributed by atoms with E-state index in [1.165, 1.54) is 0 Å². The van der Waals surface area contributed by atoms with Crippen LogP contribution in [-0.2, 0) is 9.59 Å². The minimum absolute atomic E-state index is 0.169. The molecule has 1 rings (SSSR count). The normalized spacial score (nSPS) is 10.2. The van der Waals surface area contributed by atoms with Crippen molar-refractivity contribution in [1.29, 1.82) is 0 Å². The molecule has 0 radical (unpaired) electrons. The van der Waals surface area contributed by atoms with Crippen LogP contribution in [0.4, 0.5) is 5.69 Å². The van der Waals surface area contributed by atoms with Gasteiger partial charge in [0.05, 0.1) is 0 Å². The maximum absolute atomic E-state index is 11.7. The Morgan fingerprint density at radius 1 is 1.20 bits per heavy atom. The van der Waals surface area contributed by atoms with E-state index >= 15 is 0 Å². The zero-order chi connectivity index (χ0) is 15.0. The second-order valence-corrected chi connectivity index (χ2v) is 5.15. The third-order valence-electron chi connectivity index (χ3n) is 2.88. The third-order valence-corrected chi connectivity index (χ3v) is 3.29. The van der Waals surface area contributed by atoms with Crippen molar-refractivity contribution in [2.75, 3.05) is 11.9 Å². The number of carbonyl (C=O) groups is 2. The van der Waals surface area contributed by atoms with Gasteiger partial charge in [0, 0.05) is 17.3 Å². The van der Waals surface area contributed by atoms with Crippen LogP contribution in [0.15, 0.2) is 18.2 Å². The molecule has 0 fully saturated rings. The monoisotopic (exact) mass is 296 g/mol. The molecular weight excluding hydrogens is 276 g/mol. The van der Waals surface area contributed by atoms with Gasteiger partial charge < -0.3 is 10.6 Å². The van der Waals surface area contributed by atoms with E-state index in [1.807, 2.05) is 13.0 Å². The van der Waals surface area contributed by atoms with Gasteiger partial charge in [0.15, 0.2) is 0 Å². The molecule has 0 heterocycles. The minimum atomic E-state index is -0.335. The predicted molar refractivity (Wildman–Crippen MR) is 82.0 cm³/mol. The molecule has 0 saturated carbocycles. The van der Waals surface area contributed by atoms with E-state index in [1.54, 1.807) is 12.1 Å². The highest BCUT2D eigenvalue weighted by molar-refractivity contribution is 6.31. The van der Waals surface area contributed by atoms with E-state index in [9.17, 15) is 9.59 Å². The summed E-state index contributed by atoms with van der Waals surface area (Å²) in [4.78, 5) is 23.2. The molecule has 0 saturated heterocycles. The SMILES string of the molecule is CCCCCNC(=O)CC(=O)Nc1ccc(C)c(Cl)c1. The average Bonchev–Trinajstić information content (AvgIpc) is 2.39. The number of unbranched alkanes of at least 4 members (excludes halogenated alkanes) is 2. The van der Waals surface area contributed by atoms with Gasteiger partial charge in [0.25, 0.3) is 0 Å². The van der Waals surface area contributed by atoms with Crippen LogP contribution in [0.25, 0.3) is 0 Å². The second-order valence-electron chi connectivity index (χ2n) is 4.75. The Hall–Kier alpha value is -1.55. The number of rotatable bonds is 7. The summed E-state index contributed by atoms with van der Waals surface area (Å²) < 4.78 is 0. The van der Waals surface area contributed by atoms with Crippen molar-refractivity contribution in [3.8, 4) is 0 Å². The van der Waals surface area contributed by atoms with Gasteiger partial charge in [-0.05, 0) is 31.0 Å². The molecule has 0 atom stereocenters. The summed E-state index contributed by atoms with van der Waals surface area (Å²) >= 11 is 5.97. The molecule has 2 N–H and O–H groups in total. The second kappa shape index (κ2) is 8.59. The van der Waals surface area contributed by atoms with E-state index in [0.29, 0.717) is 17.3 Å². The molecule has 0 aliphatic rings. The first-order valence-electron chi connectivity index (χ1n) is 6.85. The standard InChI is InChI=1S/C15H21ClN2O2/c1-3-4-5-8-17-14(19)10-15(20)18-12-7-6-11(2)13(16)9-12/h6-7,9H,3-5,8,10H2,1-2H3,(H,17,19)(H,18,20). The topological polar surface area (TPSA) is 58.2 Å². The van der Waals surface area contributed by atoms with E-state index < -0.39 is 0 Å². The molecule has 0 aromatic heterocycles. The summed E-state index contributed by atoms with van der Waals surface area (Å²) in [6.07, 6.45) is 2.95. The van der Waals surface area contributed by atoms with Gasteiger partial charge in [-0.3, -0.25) is 9.59 Å². The summed E-state index contributed by atoms with van der Waals surface area (Å²) in [5, 5.41) is 5.98. The molecule has 1 aromatic carbocycles. The summed E-state index contributed by atoms with van der Waals surface area (Å²) in [6.45, 7) is 4.61. The van der Waals surface area contributed by atoms with Gasteiger partial charge in [-0.2, -0.15) is 0 Å². The molecule has 0 aliphatic heterocycles. The Kier molecular flexibility index (Phi) is 7.09. The summed E-state index contributed by atoms with van der Waals surface area (Å²) in [6, 6.07) is 5.26. The Labute approximate surface area is 124 Å². The van der Waals surface area contributed by atoms with Crippen LogP contribution < -0.4 is 10.6 Å². The number of carbonyl (C=O) groups excluding carboxylic acids is 2. The van der Waals surface area contributed by atoms with Crippen LogP contribution in [-0.4, -0.2) is 18.4 Å². The summed E-state index contributed by atoms with van der Waals surface area (Å²) in [7, 11) is 0. The van der Waals surface area contributed by atoms with E-state index in [0.717, 1.165) is 24.8 Å². The van der Waals surface area contributed by atoms with Crippen molar-refractivity contribution >= 4 is 29.1 Å². The zero-order valence-electron chi connectivity index (χ0n) is 12.0. The van der Waals surface area contributed by atoms with Crippen LogP contribution in [0.3, 0.4) is 0 Å². The maximum Gasteiger partial charge on any atom is 0.233 e. The third kappa shape index (κ3) is 6.06. The van der Waals surface area contributed by atoms with Gasteiger partial charge >= 0.3 is 0 Å². The van der Waals surface area contributed by atoms with E-state index in [2.05, 4.69) is 17.6 Å². The Balaban J connectivity index is 2.35. The number of anilines is 1. The zero-order valence-corrected chi connectivity index (χ0v) is 12.7. The van der Waals surface area contributed by atoms with Crippen molar-refractivity contribution < 1.29 is 9.59 Å². The first kappa shape index (κ1) is 16.5. The Morgan fingerprint density at radius 2 is 1.95 bits per heavy atom. The maximum atomic E-state index is 11.7. The molecule has 0 bridgehead atoms. The molecule has 110 valence electrons. The summed E-state index contributed by atoms with van der Waals surface area (Å²) in [5.74, 6) is -0.588. The lowest BCUT2D eigenvalue weighted by Gasteiger charge is -2.07. The molecule has 0 aliphatic carbocycles. The highest BCUT2D eigenvalue weighted by atomic mass is 35.5. The lowest BCUT2D eigenvalue weighted by atomic mass is 10.2. The number of aryl methyl sites for hydroxylation is 1. The van der Waals surface area contributed by atoms with Crippen LogP contribution in [0.5, 0.6) is 0 Å². The molecule has 1 aromatic rings. The smallest absolute Gasteiger partial charge is 0.233 e. The average molecular weight is 297 g/mol. The molecule has 20 heavy (non-hydrogen) atoms. The number of nitrogens with one attached hydrogen (secondary N) is 2. The fraction of sp³-hybridized carbons (Fsp3) is 0.467. The lowest BCUT2D eigenvalue weighted by Crippen LogP contribution is -2.28. The first-order valence-corrected chi connectivity index (χ1v) is 7.23. The number of benzene rings is 1. The lowest BCUT2D eigenvalue weighted by molar-refractivity contribution is -0.126. The van der Waals surface area contributed by atoms with Crippen molar-refractivity contribution in [3.05, 3.63) is 28.8 Å². The molecule has 4 nitrogen and oxygen atoms in total. The van der Waals surface area contributed by atoms with Crippen LogP contribution in [0.1, 0.15) is 38.2 Å². The van der Waals surface area contributed by atoms with E-state index in [4.69, 9.17) is 11.6 Å². The van der Waals surface area contributed by atoms with Crippen LogP contribution >= 0.6 is 11.6 Å². The van der Waals surface area contributed by atoms with Crippen LogP contribution in [0.2, 0.25) is 5.02 Å². The molecule has 5 heteroatoms. The van der Waals surface area contributed by atoms with Gasteiger partial charge in [0.1, 0.15) is 6.42 Å². The van der Waals surface area contributed by atoms with E-state index in [-0.39, 0.29) is 18.2 Å². The summed E-state index contributed by atoms with van der Waals surface area (Å²) in [5.41, 5.74) is 1.54. The Bertz CT molecular complexity index is 475. The van der Waals surface area contributed by atoms with Crippen molar-refractivity contribution in [1.82, 2.24) is 5.32 Å². The molecular formula is C15H21ClN2O2. The molecule has 2 amide bonds. The number of hydrogen-bond donors (Lipinski definition) is 2. The van der Waals surface area contributed by atoms with Gasteiger partial charge in [0.2, 0.25) is 11.8 Å². The highest BCUT2D eigenvalue weighted by Gasteiger charge is 2.09. The van der Waals surface area contributed by atoms with Crippen LogP contribution in [0, 0.1) is 6.92 Å². The minimum Gasteiger partial charge on any atom is -0.356 e. The number of hydrogen-bond acceptors (Lipinski definition) is 2. The number of halogens is 1. The highest BCUT2D eigenvalue weighted by Crippen LogP contribution is 2.19. The van der Waals surface area contributed by atoms with Crippen molar-refractivity contribution in [2.45, 2.75) is 39.5 Å². The van der Waals surface area contributed by atoms with Gasteiger partial charge in [-0.25, -0.2) is 0 Å². The Morgan fingerprint density at radius 3 is 2.60 bits per heavy atom. The largest absolute Gasteiger partial charge is 0.356 e.